The Morgan fingerprint density at radius 2 is 2.35 bits per heavy atom. The Kier molecular flexibility index (Phi) is 4.66. The zero-order valence-corrected chi connectivity index (χ0v) is 9.33. The fraction of sp³-hybridized carbons (Fsp3) is 0.364. The summed E-state index contributed by atoms with van der Waals surface area (Å²) in [6.07, 6.45) is 1.74. The van der Waals surface area contributed by atoms with E-state index in [0.29, 0.717) is 5.57 Å². The molecule has 0 bridgehead atoms. The van der Waals surface area contributed by atoms with Gasteiger partial charge in [-0.05, 0) is 11.6 Å². The van der Waals surface area contributed by atoms with Crippen LogP contribution in [0.25, 0.3) is 0 Å². The number of hydrogen-bond donors (Lipinski definition) is 3. The zero-order chi connectivity index (χ0) is 12.8. The molecular formula is C11H15N3O3. The highest BCUT2D eigenvalue weighted by Crippen LogP contribution is 2.14. The van der Waals surface area contributed by atoms with Crippen LogP contribution >= 0.6 is 0 Å². The number of aliphatic hydroxyl groups is 2. The van der Waals surface area contributed by atoms with Crippen LogP contribution in [0.4, 0.5) is 5.82 Å². The molecule has 92 valence electrons. The van der Waals surface area contributed by atoms with Gasteiger partial charge in [-0.2, -0.15) is 4.98 Å². The number of aliphatic hydroxyl groups excluding tert-OH is 2. The maximum Gasteiger partial charge on any atom is 0.349 e. The van der Waals surface area contributed by atoms with Crippen LogP contribution in [-0.4, -0.2) is 33.0 Å². The molecule has 0 fully saturated rings. The fourth-order valence-corrected chi connectivity index (χ4v) is 1.43. The molecule has 4 N–H and O–H groups in total. The number of hydrogen-bond acceptors (Lipinski definition) is 5. The van der Waals surface area contributed by atoms with Crippen LogP contribution in [0.3, 0.4) is 0 Å². The number of aromatic nitrogens is 2. The van der Waals surface area contributed by atoms with Gasteiger partial charge in [-0.15, -0.1) is 5.73 Å². The van der Waals surface area contributed by atoms with E-state index in [1.165, 1.54) is 16.8 Å². The standard InChI is InChI=1S/C11H15N3O3/c1-2-8(6-15)5-9(7-16)14-4-3-10(12)13-11(14)17/h3-4,9,15-16H,1,5-7H2,(H2,12,13,17). The Morgan fingerprint density at radius 1 is 1.65 bits per heavy atom. The van der Waals surface area contributed by atoms with Crippen molar-refractivity contribution in [2.75, 3.05) is 18.9 Å². The molecule has 1 atom stereocenters. The highest BCUT2D eigenvalue weighted by molar-refractivity contribution is 5.23. The van der Waals surface area contributed by atoms with Gasteiger partial charge in [0, 0.05) is 12.6 Å². The smallest absolute Gasteiger partial charge is 0.349 e. The highest BCUT2D eigenvalue weighted by Gasteiger charge is 2.13. The lowest BCUT2D eigenvalue weighted by atomic mass is 10.1. The Morgan fingerprint density at radius 3 is 2.82 bits per heavy atom. The fourth-order valence-electron chi connectivity index (χ4n) is 1.43. The Balaban J connectivity index is 3.02. The summed E-state index contributed by atoms with van der Waals surface area (Å²) in [5, 5.41) is 18.2. The first-order valence-corrected chi connectivity index (χ1v) is 5.06. The summed E-state index contributed by atoms with van der Waals surface area (Å²) >= 11 is 0. The minimum atomic E-state index is -0.537. The van der Waals surface area contributed by atoms with Gasteiger partial charge in [-0.25, -0.2) is 4.79 Å². The van der Waals surface area contributed by atoms with Crippen molar-refractivity contribution < 1.29 is 10.2 Å². The van der Waals surface area contributed by atoms with Crippen molar-refractivity contribution >= 4 is 5.82 Å². The molecule has 0 saturated heterocycles. The molecule has 1 heterocycles. The van der Waals surface area contributed by atoms with E-state index in [-0.39, 0.29) is 25.5 Å². The molecule has 0 aliphatic rings. The Labute approximate surface area is 98.3 Å². The quantitative estimate of drug-likeness (QED) is 0.597. The molecule has 0 aliphatic carbocycles. The second-order valence-electron chi connectivity index (χ2n) is 3.52. The monoisotopic (exact) mass is 237 g/mol. The first-order chi connectivity index (χ1) is 8.12. The normalized spacial score (nSPS) is 11.9. The number of nitrogen functional groups attached to an aromatic ring is 1. The third-order valence-electron chi connectivity index (χ3n) is 2.38. The molecule has 0 aliphatic heterocycles. The molecule has 0 saturated carbocycles. The first kappa shape index (κ1) is 13.2. The van der Waals surface area contributed by atoms with E-state index in [4.69, 9.17) is 10.8 Å². The van der Waals surface area contributed by atoms with Gasteiger partial charge in [0.15, 0.2) is 0 Å². The van der Waals surface area contributed by atoms with E-state index in [2.05, 4.69) is 17.3 Å². The lowest BCUT2D eigenvalue weighted by Crippen LogP contribution is -2.29. The van der Waals surface area contributed by atoms with Gasteiger partial charge >= 0.3 is 5.69 Å². The van der Waals surface area contributed by atoms with Crippen LogP contribution in [0, 0.1) is 0 Å². The summed E-state index contributed by atoms with van der Waals surface area (Å²) in [5.74, 6) is 0.129. The van der Waals surface area contributed by atoms with Gasteiger partial charge in [0.25, 0.3) is 0 Å². The molecule has 1 aromatic rings. The maximum atomic E-state index is 11.6. The van der Waals surface area contributed by atoms with Gasteiger partial charge in [-0.1, -0.05) is 6.58 Å². The molecule has 1 unspecified atom stereocenters. The first-order valence-electron chi connectivity index (χ1n) is 5.06. The summed E-state index contributed by atoms with van der Waals surface area (Å²) in [6, 6.07) is 0.965. The highest BCUT2D eigenvalue weighted by atomic mass is 16.3. The van der Waals surface area contributed by atoms with Crippen LogP contribution in [0.1, 0.15) is 12.5 Å². The maximum absolute atomic E-state index is 11.6. The van der Waals surface area contributed by atoms with Crippen LogP contribution in [0.5, 0.6) is 0 Å². The third-order valence-corrected chi connectivity index (χ3v) is 2.38. The van der Waals surface area contributed by atoms with Crippen molar-refractivity contribution in [3.05, 3.63) is 40.6 Å². The number of nitrogens with two attached hydrogens (primary N) is 1. The van der Waals surface area contributed by atoms with Crippen LogP contribution in [-0.2, 0) is 0 Å². The summed E-state index contributed by atoms with van der Waals surface area (Å²) < 4.78 is 1.27. The number of anilines is 1. The Bertz CT molecular complexity index is 489. The van der Waals surface area contributed by atoms with Gasteiger partial charge in [-0.3, -0.25) is 4.57 Å². The lowest BCUT2D eigenvalue weighted by Gasteiger charge is -2.17. The van der Waals surface area contributed by atoms with Crippen LogP contribution in [0.2, 0.25) is 0 Å². The largest absolute Gasteiger partial charge is 0.394 e. The summed E-state index contributed by atoms with van der Waals surface area (Å²) in [7, 11) is 0. The van der Waals surface area contributed by atoms with Crippen molar-refractivity contribution in [1.29, 1.82) is 0 Å². The second-order valence-corrected chi connectivity index (χ2v) is 3.52. The number of rotatable bonds is 5. The van der Waals surface area contributed by atoms with E-state index < -0.39 is 11.7 Å². The molecule has 0 amide bonds. The van der Waals surface area contributed by atoms with E-state index in [1.54, 1.807) is 0 Å². The molecule has 0 radical (unpaired) electrons. The summed E-state index contributed by atoms with van der Waals surface area (Å²) in [5.41, 5.74) is 7.91. The predicted octanol–water partition coefficient (Wildman–Crippen LogP) is -0.547. The molecular weight excluding hydrogens is 222 g/mol. The summed E-state index contributed by atoms with van der Waals surface area (Å²) in [6.45, 7) is 2.96. The van der Waals surface area contributed by atoms with Crippen LogP contribution < -0.4 is 11.4 Å². The van der Waals surface area contributed by atoms with Gasteiger partial charge in [0.2, 0.25) is 0 Å². The molecule has 6 nitrogen and oxygen atoms in total. The second kappa shape index (κ2) is 6.00. The molecule has 1 aromatic heterocycles. The minimum Gasteiger partial charge on any atom is -0.394 e. The van der Waals surface area contributed by atoms with Gasteiger partial charge in [0.05, 0.1) is 19.3 Å². The summed E-state index contributed by atoms with van der Waals surface area (Å²) in [4.78, 5) is 15.1. The van der Waals surface area contributed by atoms with E-state index in [1.807, 2.05) is 0 Å². The average molecular weight is 237 g/mol. The lowest BCUT2D eigenvalue weighted by molar-refractivity contribution is 0.218. The molecule has 0 aromatic carbocycles. The average Bonchev–Trinajstić information content (AvgIpc) is 2.32. The molecule has 17 heavy (non-hydrogen) atoms. The minimum absolute atomic E-state index is 0.129. The molecule has 0 spiro atoms. The van der Waals surface area contributed by atoms with Gasteiger partial charge < -0.3 is 15.9 Å². The van der Waals surface area contributed by atoms with Crippen molar-refractivity contribution in [2.45, 2.75) is 12.5 Å². The predicted molar refractivity (Wildman–Crippen MR) is 63.4 cm³/mol. The SMILES string of the molecule is C=C=C(CO)CC(CO)n1ccc(N)nc1=O. The van der Waals surface area contributed by atoms with Crippen LogP contribution in [0.15, 0.2) is 34.9 Å². The van der Waals surface area contributed by atoms with Crippen molar-refractivity contribution in [3.63, 3.8) is 0 Å². The molecule has 6 heteroatoms. The van der Waals surface area contributed by atoms with Crippen molar-refractivity contribution in [2.24, 2.45) is 0 Å². The van der Waals surface area contributed by atoms with E-state index in [0.717, 1.165) is 0 Å². The zero-order valence-electron chi connectivity index (χ0n) is 9.33. The van der Waals surface area contributed by atoms with E-state index in [9.17, 15) is 9.90 Å². The third kappa shape index (κ3) is 3.29. The van der Waals surface area contributed by atoms with E-state index >= 15 is 0 Å². The van der Waals surface area contributed by atoms with Crippen molar-refractivity contribution in [1.82, 2.24) is 9.55 Å². The Hall–Kier alpha value is -1.88. The van der Waals surface area contributed by atoms with Gasteiger partial charge in [0.1, 0.15) is 5.82 Å². The van der Waals surface area contributed by atoms with Crippen molar-refractivity contribution in [3.8, 4) is 0 Å². The number of nitrogens with zero attached hydrogens (tertiary/aromatic N) is 2. The molecule has 1 rings (SSSR count). The topological polar surface area (TPSA) is 101 Å².